The predicted molar refractivity (Wildman–Crippen MR) is 49.3 cm³/mol. The van der Waals surface area contributed by atoms with E-state index in [1.54, 1.807) is 6.08 Å². The molecule has 4 heteroatoms. The SMILES string of the molecule is O=C(C1=CCCO1)c1ccc(F)cc1F. The van der Waals surface area contributed by atoms with E-state index in [0.29, 0.717) is 19.1 Å². The number of carbonyl (C=O) groups excluding carboxylic acids is 1. The third-order valence-corrected chi connectivity index (χ3v) is 2.10. The third kappa shape index (κ3) is 1.88. The summed E-state index contributed by atoms with van der Waals surface area (Å²) in [5.74, 6) is -1.97. The molecule has 1 aromatic rings. The van der Waals surface area contributed by atoms with Crippen molar-refractivity contribution in [1.82, 2.24) is 0 Å². The van der Waals surface area contributed by atoms with Crippen molar-refractivity contribution in [2.75, 3.05) is 6.61 Å². The number of hydrogen-bond acceptors (Lipinski definition) is 2. The van der Waals surface area contributed by atoms with Gasteiger partial charge in [0.2, 0.25) is 5.78 Å². The zero-order valence-electron chi connectivity index (χ0n) is 7.80. The van der Waals surface area contributed by atoms with Gasteiger partial charge in [-0.1, -0.05) is 0 Å². The molecule has 0 atom stereocenters. The molecule has 78 valence electrons. The summed E-state index contributed by atoms with van der Waals surface area (Å²) < 4.78 is 30.8. The number of halogens is 2. The van der Waals surface area contributed by atoms with Gasteiger partial charge in [-0.3, -0.25) is 4.79 Å². The fraction of sp³-hybridized carbons (Fsp3) is 0.182. The van der Waals surface area contributed by atoms with Gasteiger partial charge >= 0.3 is 0 Å². The van der Waals surface area contributed by atoms with Gasteiger partial charge in [0.1, 0.15) is 11.6 Å². The van der Waals surface area contributed by atoms with Gasteiger partial charge in [0, 0.05) is 12.5 Å². The Bertz CT molecular complexity index is 438. The van der Waals surface area contributed by atoms with Crippen LogP contribution < -0.4 is 0 Å². The molecular weight excluding hydrogens is 202 g/mol. The molecule has 0 saturated carbocycles. The number of allylic oxidation sites excluding steroid dienone is 1. The molecule has 0 N–H and O–H groups in total. The minimum atomic E-state index is -0.864. The van der Waals surface area contributed by atoms with Crippen LogP contribution in [0.25, 0.3) is 0 Å². The molecule has 1 aliphatic rings. The van der Waals surface area contributed by atoms with Crippen LogP contribution >= 0.6 is 0 Å². The summed E-state index contributed by atoms with van der Waals surface area (Å²) in [7, 11) is 0. The topological polar surface area (TPSA) is 26.3 Å². The normalized spacial score (nSPS) is 14.7. The van der Waals surface area contributed by atoms with E-state index in [1.807, 2.05) is 0 Å². The maximum Gasteiger partial charge on any atom is 0.230 e. The van der Waals surface area contributed by atoms with E-state index in [-0.39, 0.29) is 11.3 Å². The van der Waals surface area contributed by atoms with Gasteiger partial charge in [0.25, 0.3) is 0 Å². The molecule has 0 fully saturated rings. The Labute approximate surface area is 85.2 Å². The Kier molecular flexibility index (Phi) is 2.49. The summed E-state index contributed by atoms with van der Waals surface area (Å²) in [5.41, 5.74) is -0.162. The first-order chi connectivity index (χ1) is 7.18. The van der Waals surface area contributed by atoms with E-state index in [2.05, 4.69) is 0 Å². The van der Waals surface area contributed by atoms with Crippen LogP contribution in [-0.2, 0) is 4.74 Å². The smallest absolute Gasteiger partial charge is 0.230 e. The number of benzene rings is 1. The van der Waals surface area contributed by atoms with Crippen molar-refractivity contribution < 1.29 is 18.3 Å². The second-order valence-electron chi connectivity index (χ2n) is 3.16. The van der Waals surface area contributed by atoms with Gasteiger partial charge < -0.3 is 4.74 Å². The number of rotatable bonds is 2. The Hall–Kier alpha value is -1.71. The van der Waals surface area contributed by atoms with Crippen molar-refractivity contribution in [2.24, 2.45) is 0 Å². The molecule has 2 nitrogen and oxygen atoms in total. The number of hydrogen-bond donors (Lipinski definition) is 0. The van der Waals surface area contributed by atoms with Crippen LogP contribution in [0.5, 0.6) is 0 Å². The zero-order chi connectivity index (χ0) is 10.8. The van der Waals surface area contributed by atoms with Gasteiger partial charge in [0.05, 0.1) is 12.2 Å². The largest absolute Gasteiger partial charge is 0.489 e. The maximum absolute atomic E-state index is 13.2. The summed E-state index contributed by atoms with van der Waals surface area (Å²) in [5, 5.41) is 0. The Morgan fingerprint density at radius 1 is 1.33 bits per heavy atom. The highest BCUT2D eigenvalue weighted by molar-refractivity contribution is 6.07. The number of ether oxygens (including phenoxy) is 1. The highest BCUT2D eigenvalue weighted by Crippen LogP contribution is 2.18. The lowest BCUT2D eigenvalue weighted by molar-refractivity contribution is 0.0938. The van der Waals surface area contributed by atoms with Gasteiger partial charge in [-0.25, -0.2) is 8.78 Å². The molecule has 0 radical (unpaired) electrons. The molecule has 0 saturated heterocycles. The van der Waals surface area contributed by atoms with Crippen LogP contribution in [0.4, 0.5) is 8.78 Å². The van der Waals surface area contributed by atoms with Crippen LogP contribution in [-0.4, -0.2) is 12.4 Å². The van der Waals surface area contributed by atoms with Crippen LogP contribution in [0.1, 0.15) is 16.8 Å². The standard InChI is InChI=1S/C11H8F2O2/c12-7-3-4-8(9(13)6-7)11(14)10-2-1-5-15-10/h2-4,6H,1,5H2. The number of carbonyl (C=O) groups is 1. The summed E-state index contributed by atoms with van der Waals surface area (Å²) in [6.07, 6.45) is 2.25. The summed E-state index contributed by atoms with van der Waals surface area (Å²) in [6.45, 7) is 0.434. The Balaban J connectivity index is 2.33. The number of Topliss-reactive ketones (excluding diaryl/α,β-unsaturated/α-hetero) is 1. The van der Waals surface area contributed by atoms with Gasteiger partial charge in [0.15, 0.2) is 5.76 Å². The minimum Gasteiger partial charge on any atom is -0.489 e. The lowest BCUT2D eigenvalue weighted by atomic mass is 10.1. The molecule has 0 bridgehead atoms. The second kappa shape index (κ2) is 3.81. The highest BCUT2D eigenvalue weighted by Gasteiger charge is 2.20. The van der Waals surface area contributed by atoms with Crippen molar-refractivity contribution in [2.45, 2.75) is 6.42 Å². The predicted octanol–water partition coefficient (Wildman–Crippen LogP) is 2.45. The highest BCUT2D eigenvalue weighted by atomic mass is 19.1. The van der Waals surface area contributed by atoms with Crippen molar-refractivity contribution in [3.05, 3.63) is 47.2 Å². The van der Waals surface area contributed by atoms with E-state index in [9.17, 15) is 13.6 Å². The average Bonchev–Trinajstić information content (AvgIpc) is 2.69. The molecule has 2 rings (SSSR count). The van der Waals surface area contributed by atoms with Crippen LogP contribution in [0.2, 0.25) is 0 Å². The second-order valence-corrected chi connectivity index (χ2v) is 3.16. The fourth-order valence-corrected chi connectivity index (χ4v) is 1.38. The van der Waals surface area contributed by atoms with Crippen molar-refractivity contribution in [3.63, 3.8) is 0 Å². The van der Waals surface area contributed by atoms with Crippen LogP contribution in [0.15, 0.2) is 30.0 Å². The molecule has 15 heavy (non-hydrogen) atoms. The van der Waals surface area contributed by atoms with Crippen molar-refractivity contribution in [1.29, 1.82) is 0 Å². The molecule has 0 spiro atoms. The van der Waals surface area contributed by atoms with E-state index in [4.69, 9.17) is 4.74 Å². The lowest BCUT2D eigenvalue weighted by Crippen LogP contribution is -2.06. The summed E-state index contributed by atoms with van der Waals surface area (Å²) >= 11 is 0. The van der Waals surface area contributed by atoms with Crippen LogP contribution in [0.3, 0.4) is 0 Å². The first kappa shape index (κ1) is 9.83. The van der Waals surface area contributed by atoms with Crippen molar-refractivity contribution in [3.8, 4) is 0 Å². The van der Waals surface area contributed by atoms with Gasteiger partial charge in [-0.15, -0.1) is 0 Å². The van der Waals surface area contributed by atoms with Crippen molar-refractivity contribution >= 4 is 5.78 Å². The van der Waals surface area contributed by atoms with E-state index in [1.165, 1.54) is 0 Å². The lowest BCUT2D eigenvalue weighted by Gasteiger charge is -2.03. The monoisotopic (exact) mass is 210 g/mol. The quantitative estimate of drug-likeness (QED) is 0.701. The zero-order valence-corrected chi connectivity index (χ0v) is 7.80. The fourth-order valence-electron chi connectivity index (χ4n) is 1.38. The Morgan fingerprint density at radius 3 is 2.73 bits per heavy atom. The first-order valence-corrected chi connectivity index (χ1v) is 4.51. The molecule has 1 aromatic carbocycles. The van der Waals surface area contributed by atoms with Gasteiger partial charge in [-0.2, -0.15) is 0 Å². The molecule has 1 heterocycles. The molecule has 0 unspecified atom stereocenters. The summed E-state index contributed by atoms with van der Waals surface area (Å²) in [4.78, 5) is 11.6. The summed E-state index contributed by atoms with van der Waals surface area (Å²) in [6, 6.07) is 2.85. The van der Waals surface area contributed by atoms with Gasteiger partial charge in [-0.05, 0) is 18.2 Å². The molecule has 0 aliphatic carbocycles. The third-order valence-electron chi connectivity index (χ3n) is 2.10. The molecule has 0 amide bonds. The molecule has 1 aliphatic heterocycles. The van der Waals surface area contributed by atoms with E-state index >= 15 is 0 Å². The van der Waals surface area contributed by atoms with E-state index < -0.39 is 17.4 Å². The average molecular weight is 210 g/mol. The molecule has 0 aromatic heterocycles. The van der Waals surface area contributed by atoms with Crippen LogP contribution in [0, 0.1) is 11.6 Å². The first-order valence-electron chi connectivity index (χ1n) is 4.51. The maximum atomic E-state index is 13.2. The van der Waals surface area contributed by atoms with E-state index in [0.717, 1.165) is 12.1 Å². The Morgan fingerprint density at radius 2 is 2.13 bits per heavy atom. The number of ketones is 1. The molecular formula is C11H8F2O2. The minimum absolute atomic E-state index is 0.139.